The molecule has 0 aromatic heterocycles. The molecule has 0 aliphatic heterocycles. The number of aliphatic hydroxyl groups excluding tert-OH is 2. The maximum Gasteiger partial charge on any atom is 1.00 e. The minimum Gasteiger partial charge on any atom is -0.870 e. The summed E-state index contributed by atoms with van der Waals surface area (Å²) < 4.78 is 0. The van der Waals surface area contributed by atoms with Crippen molar-refractivity contribution in [2.75, 3.05) is 13.3 Å². The van der Waals surface area contributed by atoms with Crippen molar-refractivity contribution >= 4 is 20.1 Å². The molecular weight excluding hydrogens is 981 g/mol. The predicted octanol–water partition coefficient (Wildman–Crippen LogP) is 11.1. The molecule has 434 valence electrons. The van der Waals surface area contributed by atoms with Crippen molar-refractivity contribution in [3.05, 3.63) is 0 Å². The average Bonchev–Trinajstić information content (AvgIpc) is 4.16. The summed E-state index contributed by atoms with van der Waals surface area (Å²) in [5.74, 6) is 11.2. The Morgan fingerprint density at radius 2 is 0.795 bits per heavy atom. The Labute approximate surface area is 488 Å². The first-order valence-electron chi connectivity index (χ1n) is 31.5. The van der Waals surface area contributed by atoms with E-state index in [1.165, 1.54) is 64.2 Å². The van der Waals surface area contributed by atoms with Crippen LogP contribution in [0.4, 0.5) is 0 Å². The molecule has 28 atom stereocenters. The standard InChI is InChI=1S/C22H35NO.C22H33NO.C21H31NO2.C2H7P.Li.2H2O/c2*1-13-9-15-5-7-17-18-8-6-16(12-23)21(18,3)11-19(24)20(17)22(15,4)10-14(13)2;1-12-9-21(3)13(8-17(12)23)4-6-15-16-7-5-14(11-22)20(16,2)10-18(24)19(15)21;1-3-2;;;/h13-20,24H,5-11H2,1-4H3;13-18,20H,5-11H2,1-4H3;12-17,19,23H,4-10H2,1-3H3;3H,1-2H3;;2*1H2/q;;;;+1;;/p-1/t13-,14-,15-,16+,17-,18-,19-,20+,21+,22-;13-,14-,15-,16+,17-,18-,20+,21+,22-;12-,13-,14+,15-,16-,17-,19+,20+,21-;;;;/m000..../s1. The number of rotatable bonds is 0. The summed E-state index contributed by atoms with van der Waals surface area (Å²) >= 11 is 0. The molecular formula is C67H109LiN3O6P. The third-order valence-electron chi connectivity index (χ3n) is 27.7. The van der Waals surface area contributed by atoms with Crippen molar-refractivity contribution < 1.29 is 49.6 Å². The summed E-state index contributed by atoms with van der Waals surface area (Å²) in [5.41, 5.74) is 0.537. The molecule has 12 rings (SSSR count). The van der Waals surface area contributed by atoms with Gasteiger partial charge in [0, 0.05) is 24.7 Å². The first kappa shape index (κ1) is 65.8. The number of hydrogen-bond acceptors (Lipinski definition) is 8. The van der Waals surface area contributed by atoms with Crippen LogP contribution in [0.2, 0.25) is 0 Å². The van der Waals surface area contributed by atoms with E-state index in [0.717, 1.165) is 102 Å². The molecule has 0 heterocycles. The van der Waals surface area contributed by atoms with Gasteiger partial charge in [-0.15, -0.1) is 8.58 Å². The zero-order valence-corrected chi connectivity index (χ0v) is 52.6. The number of hydrogen-bond donors (Lipinski definition) is 2. The summed E-state index contributed by atoms with van der Waals surface area (Å²) in [7, 11) is 1.08. The molecule has 12 fully saturated rings. The second kappa shape index (κ2) is 24.3. The minimum atomic E-state index is -0.196. The van der Waals surface area contributed by atoms with Gasteiger partial charge in [-0.3, -0.25) is 9.59 Å². The van der Waals surface area contributed by atoms with Gasteiger partial charge in [0.25, 0.3) is 0 Å². The first-order valence-corrected chi connectivity index (χ1v) is 33.5. The Bertz CT molecular complexity index is 2160. The second-order valence-electron chi connectivity index (χ2n) is 31.3. The summed E-state index contributed by atoms with van der Waals surface area (Å²) in [5, 5.41) is 50.4. The zero-order chi connectivity index (χ0) is 54.5. The SMILES string of the molecule is CPC.C[C@H]1C[C@@H]2CC[C@@H]3[C@H]([C@@H](O)C[C@]4(C)[C@@H](C#N)CC[C@@H]34)[C@@]2(C)C[C@@H]1C.C[C@H]1C[C@@H]2CC[C@H]3[C@@H]4CC[C@H](C#N)[C@@]4(C)CC(=O)[C@@H]3[C@@]2(C)C[C@@H]1C.C[C@H]1C[C@@]2(C)[C@@H](CC[C@H]3[C@@H]4CC[C@H](C#N)[C@@]4(C)CC(=O)[C@@H]32)C[C@@H]1O.O.[Li+].[OH-]. The van der Waals surface area contributed by atoms with Gasteiger partial charge in [0.15, 0.2) is 0 Å². The number of aliphatic hydroxyl groups is 2. The Morgan fingerprint density at radius 3 is 1.22 bits per heavy atom. The summed E-state index contributed by atoms with van der Waals surface area (Å²) in [6.07, 6.45) is 22.8. The number of nitriles is 3. The van der Waals surface area contributed by atoms with Crippen LogP contribution in [0.25, 0.3) is 0 Å². The Morgan fingerprint density at radius 1 is 0.449 bits per heavy atom. The number of fused-ring (bicyclic) bond motifs is 15. The fourth-order valence-electron chi connectivity index (χ4n) is 23.6. The van der Waals surface area contributed by atoms with Gasteiger partial charge in [0.05, 0.1) is 48.2 Å². The average molecular weight is 1090 g/mol. The van der Waals surface area contributed by atoms with E-state index in [9.17, 15) is 35.6 Å². The van der Waals surface area contributed by atoms with Crippen molar-refractivity contribution in [3.8, 4) is 18.2 Å². The third-order valence-corrected chi connectivity index (χ3v) is 27.7. The van der Waals surface area contributed by atoms with Gasteiger partial charge in [-0.1, -0.05) is 76.2 Å². The fourth-order valence-corrected chi connectivity index (χ4v) is 23.6. The van der Waals surface area contributed by atoms with E-state index in [1.54, 1.807) is 0 Å². The number of Topliss-reactive ketones (excluding diaryl/α,β-unsaturated/α-hetero) is 2. The molecule has 9 nitrogen and oxygen atoms in total. The maximum absolute atomic E-state index is 13.4. The molecule has 0 bridgehead atoms. The Hall–Kier alpha value is -1.32. The minimum absolute atomic E-state index is 0. The maximum atomic E-state index is 13.4. The molecule has 0 aromatic carbocycles. The monoisotopic (exact) mass is 1090 g/mol. The fraction of sp³-hybridized carbons (Fsp3) is 0.925. The number of ketones is 2. The predicted molar refractivity (Wildman–Crippen MR) is 308 cm³/mol. The van der Waals surface area contributed by atoms with Crippen molar-refractivity contribution in [2.24, 2.45) is 151 Å². The summed E-state index contributed by atoms with van der Waals surface area (Å²) in [6.45, 7) is 30.2. The van der Waals surface area contributed by atoms with Crippen LogP contribution in [0.15, 0.2) is 0 Å². The van der Waals surface area contributed by atoms with Crippen molar-refractivity contribution in [1.29, 1.82) is 15.8 Å². The van der Waals surface area contributed by atoms with Gasteiger partial charge in [0.1, 0.15) is 11.6 Å². The van der Waals surface area contributed by atoms with Gasteiger partial charge in [-0.2, -0.15) is 15.8 Å². The number of nitrogens with zero attached hydrogens (tertiary/aromatic N) is 3. The van der Waals surface area contributed by atoms with Gasteiger partial charge >= 0.3 is 18.9 Å². The quantitative estimate of drug-likeness (QED) is 0.176. The van der Waals surface area contributed by atoms with Gasteiger partial charge in [-0.05, 0) is 257 Å². The normalized spacial score (nSPS) is 53.6. The van der Waals surface area contributed by atoms with Crippen LogP contribution in [0.1, 0.15) is 211 Å². The molecule has 0 aromatic rings. The molecule has 12 aliphatic carbocycles. The second-order valence-corrected chi connectivity index (χ2v) is 32.3. The van der Waals surface area contributed by atoms with E-state index in [2.05, 4.69) is 108 Å². The molecule has 78 heavy (non-hydrogen) atoms. The van der Waals surface area contributed by atoms with Crippen molar-refractivity contribution in [3.63, 3.8) is 0 Å². The molecule has 0 amide bonds. The van der Waals surface area contributed by atoms with Crippen LogP contribution in [0, 0.1) is 185 Å². The van der Waals surface area contributed by atoms with Crippen LogP contribution >= 0.6 is 8.58 Å². The van der Waals surface area contributed by atoms with E-state index in [4.69, 9.17) is 0 Å². The van der Waals surface area contributed by atoms with E-state index < -0.39 is 0 Å². The molecule has 11 heteroatoms. The van der Waals surface area contributed by atoms with E-state index >= 15 is 0 Å². The smallest absolute Gasteiger partial charge is 0.870 e. The molecule has 0 saturated heterocycles. The first-order chi connectivity index (χ1) is 35.3. The van der Waals surface area contributed by atoms with Crippen LogP contribution in [0.3, 0.4) is 0 Å². The van der Waals surface area contributed by atoms with E-state index in [1.807, 2.05) is 0 Å². The largest absolute Gasteiger partial charge is 1.00 e. The van der Waals surface area contributed by atoms with Crippen LogP contribution < -0.4 is 18.9 Å². The summed E-state index contributed by atoms with van der Waals surface area (Å²) in [4.78, 5) is 26.7. The number of carbonyl (C=O) groups excluding carboxylic acids is 2. The summed E-state index contributed by atoms with van der Waals surface area (Å²) in [6, 6.07) is 7.65. The molecule has 12 aliphatic rings. The molecule has 0 radical (unpaired) electrons. The van der Waals surface area contributed by atoms with Crippen molar-refractivity contribution in [1.82, 2.24) is 0 Å². The van der Waals surface area contributed by atoms with Gasteiger partial charge in [0.2, 0.25) is 0 Å². The van der Waals surface area contributed by atoms with Crippen molar-refractivity contribution in [2.45, 2.75) is 223 Å². The van der Waals surface area contributed by atoms with E-state index in [0.29, 0.717) is 83.1 Å². The molecule has 0 unspecified atom stereocenters. The van der Waals surface area contributed by atoms with Crippen LogP contribution in [0.5, 0.6) is 0 Å². The Kier molecular flexibility index (Phi) is 20.5. The topological polar surface area (TPSA) is 207 Å². The molecule has 12 saturated carbocycles. The third kappa shape index (κ3) is 10.5. The van der Waals surface area contributed by atoms with Crippen LogP contribution in [-0.2, 0) is 9.59 Å². The van der Waals surface area contributed by atoms with Gasteiger partial charge < -0.3 is 21.2 Å². The zero-order valence-electron chi connectivity index (χ0n) is 51.6. The van der Waals surface area contributed by atoms with Gasteiger partial charge in [-0.25, -0.2) is 0 Å². The van der Waals surface area contributed by atoms with Crippen LogP contribution in [-0.4, -0.2) is 58.3 Å². The number of carbonyl (C=O) groups is 2. The van der Waals surface area contributed by atoms with E-state index in [-0.39, 0.29) is 98.7 Å². The molecule has 5 N–H and O–H groups in total. The molecule has 0 spiro atoms. The Balaban J connectivity index is 0.000000181.